The number of halogens is 1. The van der Waals surface area contributed by atoms with Crippen LogP contribution in [0.1, 0.15) is 20.3 Å². The average Bonchev–Trinajstić information content (AvgIpc) is 2.79. The van der Waals surface area contributed by atoms with Gasteiger partial charge in [0.25, 0.3) is 11.8 Å². The van der Waals surface area contributed by atoms with Crippen LogP contribution in [0.4, 0.5) is 10.5 Å². The number of ether oxygens (including phenoxy) is 1. The number of hydrogen-bond acceptors (Lipinski definition) is 5. The summed E-state index contributed by atoms with van der Waals surface area (Å²) in [4.78, 5) is 48.3. The monoisotopic (exact) mass is 367 g/mol. The third-order valence-corrected chi connectivity index (χ3v) is 4.08. The summed E-state index contributed by atoms with van der Waals surface area (Å²) >= 11 is 5.74. The molecule has 1 aliphatic heterocycles. The van der Waals surface area contributed by atoms with Crippen LogP contribution in [0, 0.1) is 0 Å². The molecule has 2 N–H and O–H groups in total. The lowest BCUT2D eigenvalue weighted by Crippen LogP contribution is -2.43. The maximum Gasteiger partial charge on any atom is 0.326 e. The lowest BCUT2D eigenvalue weighted by atomic mass is 9.99. The van der Waals surface area contributed by atoms with Crippen molar-refractivity contribution in [1.29, 1.82) is 0 Å². The van der Waals surface area contributed by atoms with Crippen LogP contribution in [0.15, 0.2) is 24.3 Å². The van der Waals surface area contributed by atoms with Gasteiger partial charge < -0.3 is 15.4 Å². The van der Waals surface area contributed by atoms with E-state index in [1.54, 1.807) is 38.1 Å². The minimum absolute atomic E-state index is 0.395. The number of hydrogen-bond donors (Lipinski definition) is 2. The van der Waals surface area contributed by atoms with Crippen molar-refractivity contribution in [3.63, 3.8) is 0 Å². The normalized spacial score (nSPS) is 19.6. The molecule has 0 spiro atoms. The number of nitrogens with zero attached hydrogens (tertiary/aromatic N) is 1. The van der Waals surface area contributed by atoms with E-state index in [1.807, 2.05) is 0 Å². The highest BCUT2D eigenvalue weighted by atomic mass is 35.5. The maximum absolute atomic E-state index is 12.2. The molecule has 0 radical (unpaired) electrons. The summed E-state index contributed by atoms with van der Waals surface area (Å²) in [6, 6.07) is 5.75. The zero-order valence-corrected chi connectivity index (χ0v) is 14.6. The summed E-state index contributed by atoms with van der Waals surface area (Å²) in [6.45, 7) is 2.25. The highest BCUT2D eigenvalue weighted by Gasteiger charge is 2.47. The van der Waals surface area contributed by atoms with Crippen LogP contribution in [0.25, 0.3) is 0 Å². The Labute approximate surface area is 149 Å². The van der Waals surface area contributed by atoms with Gasteiger partial charge in [0.05, 0.1) is 0 Å². The quantitative estimate of drug-likeness (QED) is 0.586. The lowest BCUT2D eigenvalue weighted by Gasteiger charge is -2.18. The van der Waals surface area contributed by atoms with Crippen LogP contribution in [-0.2, 0) is 19.1 Å². The number of carbonyl (C=O) groups excluding carboxylic acids is 4. The Hall–Kier alpha value is -2.61. The number of amides is 4. The Morgan fingerprint density at radius 3 is 2.48 bits per heavy atom. The minimum atomic E-state index is -1.02. The van der Waals surface area contributed by atoms with Gasteiger partial charge in [-0.05, 0) is 37.6 Å². The first-order valence-electron chi connectivity index (χ1n) is 7.60. The van der Waals surface area contributed by atoms with Gasteiger partial charge in [0.1, 0.15) is 12.1 Å². The molecule has 1 saturated heterocycles. The molecule has 9 heteroatoms. The Balaban J connectivity index is 1.82. The van der Waals surface area contributed by atoms with E-state index < -0.39 is 42.5 Å². The van der Waals surface area contributed by atoms with Crippen molar-refractivity contribution in [2.45, 2.75) is 25.8 Å². The number of benzene rings is 1. The fourth-order valence-electron chi connectivity index (χ4n) is 2.18. The molecule has 0 bridgehead atoms. The SMILES string of the molecule is CC[C@]1(C)NC(=O)N(CC(=O)OCC(=O)Nc2ccc(Cl)cc2)C1=O. The van der Waals surface area contributed by atoms with E-state index in [-0.39, 0.29) is 0 Å². The summed E-state index contributed by atoms with van der Waals surface area (Å²) in [6.07, 6.45) is 0.395. The number of nitrogens with one attached hydrogen (secondary N) is 2. The van der Waals surface area contributed by atoms with Crippen LogP contribution in [-0.4, -0.2) is 47.4 Å². The Morgan fingerprint density at radius 2 is 1.92 bits per heavy atom. The van der Waals surface area contributed by atoms with Gasteiger partial charge in [-0.25, -0.2) is 4.79 Å². The van der Waals surface area contributed by atoms with Crippen LogP contribution >= 0.6 is 11.6 Å². The van der Waals surface area contributed by atoms with Gasteiger partial charge in [-0.15, -0.1) is 0 Å². The van der Waals surface area contributed by atoms with Crippen molar-refractivity contribution in [2.24, 2.45) is 0 Å². The van der Waals surface area contributed by atoms with Crippen molar-refractivity contribution in [3.8, 4) is 0 Å². The fourth-order valence-corrected chi connectivity index (χ4v) is 2.31. The van der Waals surface area contributed by atoms with Gasteiger partial charge >= 0.3 is 12.0 Å². The van der Waals surface area contributed by atoms with Gasteiger partial charge in [-0.1, -0.05) is 18.5 Å². The number of urea groups is 1. The number of carbonyl (C=O) groups is 4. The molecule has 4 amide bonds. The largest absolute Gasteiger partial charge is 0.454 e. The van der Waals surface area contributed by atoms with Crippen molar-refractivity contribution in [1.82, 2.24) is 10.2 Å². The molecule has 25 heavy (non-hydrogen) atoms. The summed E-state index contributed by atoms with van der Waals surface area (Å²) in [5, 5.41) is 5.58. The zero-order chi connectivity index (χ0) is 18.6. The molecule has 2 rings (SSSR count). The van der Waals surface area contributed by atoms with E-state index >= 15 is 0 Å². The van der Waals surface area contributed by atoms with Crippen molar-refractivity contribution < 1.29 is 23.9 Å². The van der Waals surface area contributed by atoms with Crippen LogP contribution in [0.3, 0.4) is 0 Å². The topological polar surface area (TPSA) is 105 Å². The lowest BCUT2D eigenvalue weighted by molar-refractivity contribution is -0.150. The molecule has 1 fully saturated rings. The molecular formula is C16H18ClN3O5. The van der Waals surface area contributed by atoms with Crippen LogP contribution < -0.4 is 10.6 Å². The minimum Gasteiger partial charge on any atom is -0.454 e. The molecule has 0 unspecified atom stereocenters. The van der Waals surface area contributed by atoms with E-state index in [0.717, 1.165) is 4.90 Å². The molecule has 1 aliphatic rings. The first-order valence-corrected chi connectivity index (χ1v) is 7.98. The van der Waals surface area contributed by atoms with Crippen LogP contribution in [0.2, 0.25) is 5.02 Å². The summed E-state index contributed by atoms with van der Waals surface area (Å²) in [5.74, 6) is -1.90. The molecule has 1 atom stereocenters. The van der Waals surface area contributed by atoms with E-state index in [0.29, 0.717) is 17.1 Å². The molecule has 8 nitrogen and oxygen atoms in total. The van der Waals surface area contributed by atoms with Crippen LogP contribution in [0.5, 0.6) is 0 Å². The second-order valence-corrected chi connectivity index (χ2v) is 6.16. The first-order chi connectivity index (χ1) is 11.7. The van der Waals surface area contributed by atoms with E-state index in [2.05, 4.69) is 10.6 Å². The van der Waals surface area contributed by atoms with Crippen molar-refractivity contribution in [3.05, 3.63) is 29.3 Å². The highest BCUT2D eigenvalue weighted by molar-refractivity contribution is 6.30. The predicted molar refractivity (Wildman–Crippen MR) is 90.0 cm³/mol. The number of esters is 1. The van der Waals surface area contributed by atoms with Gasteiger partial charge in [0, 0.05) is 10.7 Å². The van der Waals surface area contributed by atoms with Crippen molar-refractivity contribution >= 4 is 41.1 Å². The van der Waals surface area contributed by atoms with E-state index in [4.69, 9.17) is 16.3 Å². The number of imide groups is 1. The van der Waals surface area contributed by atoms with Gasteiger partial charge in [-0.2, -0.15) is 0 Å². The molecule has 1 aromatic carbocycles. The maximum atomic E-state index is 12.2. The Morgan fingerprint density at radius 1 is 1.28 bits per heavy atom. The third kappa shape index (κ3) is 4.48. The molecule has 0 saturated carbocycles. The van der Waals surface area contributed by atoms with E-state index in [1.165, 1.54) is 0 Å². The smallest absolute Gasteiger partial charge is 0.326 e. The molecule has 0 aromatic heterocycles. The van der Waals surface area contributed by atoms with Gasteiger partial charge in [0.15, 0.2) is 6.61 Å². The zero-order valence-electron chi connectivity index (χ0n) is 13.8. The molecule has 1 heterocycles. The molecule has 0 aliphatic carbocycles. The standard InChI is InChI=1S/C16H18ClN3O5/c1-3-16(2)14(23)20(15(24)19-16)8-13(22)25-9-12(21)18-11-6-4-10(17)5-7-11/h4-7H,3,8-9H2,1-2H3,(H,18,21)(H,19,24)/t16-/m0/s1. The van der Waals surface area contributed by atoms with Gasteiger partial charge in [0.2, 0.25) is 0 Å². The predicted octanol–water partition coefficient (Wildman–Crippen LogP) is 1.54. The molecular weight excluding hydrogens is 350 g/mol. The van der Waals surface area contributed by atoms with E-state index in [9.17, 15) is 19.2 Å². The number of anilines is 1. The van der Waals surface area contributed by atoms with Gasteiger partial charge in [-0.3, -0.25) is 19.3 Å². The fraction of sp³-hybridized carbons (Fsp3) is 0.375. The second-order valence-electron chi connectivity index (χ2n) is 5.72. The summed E-state index contributed by atoms with van der Waals surface area (Å²) in [5.41, 5.74) is -0.526. The average molecular weight is 368 g/mol. The molecule has 1 aromatic rings. The van der Waals surface area contributed by atoms with Crippen molar-refractivity contribution in [2.75, 3.05) is 18.5 Å². The third-order valence-electron chi connectivity index (χ3n) is 3.83. The Kier molecular flexibility index (Phi) is 5.63. The summed E-state index contributed by atoms with van der Waals surface area (Å²) in [7, 11) is 0. The number of rotatable bonds is 6. The first kappa shape index (κ1) is 18.7. The second kappa shape index (κ2) is 7.52. The Bertz CT molecular complexity index is 706. The highest BCUT2D eigenvalue weighted by Crippen LogP contribution is 2.20. The molecule has 134 valence electrons. The summed E-state index contributed by atoms with van der Waals surface area (Å²) < 4.78 is 4.81.